The smallest absolute Gasteiger partial charge is 0.338 e. The summed E-state index contributed by atoms with van der Waals surface area (Å²) in [6.45, 7) is 9.87. The Hall–Kier alpha value is -1.05. The van der Waals surface area contributed by atoms with Gasteiger partial charge in [0, 0.05) is 0 Å². The van der Waals surface area contributed by atoms with Crippen LogP contribution in [0.5, 0.6) is 0 Å². The van der Waals surface area contributed by atoms with Crippen LogP contribution in [-0.4, -0.2) is 31.9 Å². The molecule has 0 aromatic rings. The number of aliphatic hydroxyl groups is 1. The van der Waals surface area contributed by atoms with Gasteiger partial charge in [-0.05, 0) is 25.1 Å². The molecule has 4 heteroatoms. The second-order valence-electron chi connectivity index (χ2n) is 4.40. The third kappa shape index (κ3) is 4.64. The lowest BCUT2D eigenvalue weighted by Gasteiger charge is -2.23. The van der Waals surface area contributed by atoms with E-state index in [0.717, 1.165) is 0 Å². The second-order valence-corrected chi connectivity index (χ2v) is 9.48. The largest absolute Gasteiger partial charge is 0.464 e. The number of rotatable bonds is 4. The van der Waals surface area contributed by atoms with Crippen molar-refractivity contribution in [2.75, 3.05) is 6.61 Å². The van der Waals surface area contributed by atoms with Gasteiger partial charge in [-0.3, -0.25) is 0 Å². The Balaban J connectivity index is 5.04. The summed E-state index contributed by atoms with van der Waals surface area (Å²) >= 11 is 0. The molecule has 1 unspecified atom stereocenters. The highest BCUT2D eigenvalue weighted by atomic mass is 28.3. The minimum absolute atomic E-state index is 0.272. The van der Waals surface area contributed by atoms with Crippen molar-refractivity contribution >= 4 is 14.0 Å². The molecule has 16 heavy (non-hydrogen) atoms. The van der Waals surface area contributed by atoms with Crippen LogP contribution in [0.2, 0.25) is 19.6 Å². The van der Waals surface area contributed by atoms with Crippen LogP contribution in [-0.2, 0) is 9.53 Å². The van der Waals surface area contributed by atoms with E-state index in [4.69, 9.17) is 4.74 Å². The Kier molecular flexibility index (Phi) is 6.08. The molecule has 0 saturated carbocycles. The van der Waals surface area contributed by atoms with Gasteiger partial charge in [0.15, 0.2) is 6.10 Å². The molecule has 90 valence electrons. The number of carbonyl (C=O) groups excluding carboxylic acids is 1. The third-order valence-corrected chi connectivity index (χ3v) is 4.19. The summed E-state index contributed by atoms with van der Waals surface area (Å²) < 4.78 is 4.80. The van der Waals surface area contributed by atoms with Gasteiger partial charge in [-0.1, -0.05) is 25.6 Å². The van der Waals surface area contributed by atoms with Crippen molar-refractivity contribution in [3.8, 4) is 11.8 Å². The van der Waals surface area contributed by atoms with E-state index in [1.807, 2.05) is 0 Å². The maximum atomic E-state index is 11.5. The van der Waals surface area contributed by atoms with Crippen LogP contribution in [0, 0.1) is 11.8 Å². The fourth-order valence-corrected chi connectivity index (χ4v) is 2.65. The maximum absolute atomic E-state index is 11.5. The van der Waals surface area contributed by atoms with E-state index < -0.39 is 20.1 Å². The zero-order valence-corrected chi connectivity index (χ0v) is 11.6. The summed E-state index contributed by atoms with van der Waals surface area (Å²) in [5, 5.41) is 10.6. The van der Waals surface area contributed by atoms with Gasteiger partial charge in [-0.2, -0.15) is 0 Å². The van der Waals surface area contributed by atoms with Gasteiger partial charge in [-0.15, -0.1) is 5.92 Å². The van der Waals surface area contributed by atoms with Gasteiger partial charge < -0.3 is 9.84 Å². The van der Waals surface area contributed by atoms with E-state index in [0.29, 0.717) is 5.20 Å². The van der Waals surface area contributed by atoms with Gasteiger partial charge in [0.1, 0.15) is 0 Å². The van der Waals surface area contributed by atoms with Crippen LogP contribution in [0.3, 0.4) is 0 Å². The normalized spacial score (nSPS) is 13.8. The quantitative estimate of drug-likeness (QED) is 0.462. The Labute approximate surface area is 98.5 Å². The van der Waals surface area contributed by atoms with E-state index in [1.54, 1.807) is 19.9 Å². The Morgan fingerprint density at radius 3 is 2.44 bits per heavy atom. The molecule has 0 rings (SSSR count). The highest BCUT2D eigenvalue weighted by Crippen LogP contribution is 2.19. The average molecular weight is 240 g/mol. The highest BCUT2D eigenvalue weighted by molar-refractivity contribution is 6.83. The topological polar surface area (TPSA) is 46.5 Å². The summed E-state index contributed by atoms with van der Waals surface area (Å²) in [5.74, 6) is 4.93. The molecule has 0 spiro atoms. The summed E-state index contributed by atoms with van der Waals surface area (Å²) in [7, 11) is -1.77. The first-order valence-electron chi connectivity index (χ1n) is 5.32. The molecule has 0 aliphatic carbocycles. The number of esters is 1. The molecule has 0 bridgehead atoms. The lowest BCUT2D eigenvalue weighted by atomic mass is 10.3. The van der Waals surface area contributed by atoms with E-state index in [9.17, 15) is 9.90 Å². The van der Waals surface area contributed by atoms with Crippen molar-refractivity contribution in [3.63, 3.8) is 0 Å². The number of aliphatic hydroxyl groups excluding tert-OH is 1. The lowest BCUT2D eigenvalue weighted by Crippen LogP contribution is -2.37. The third-order valence-electron chi connectivity index (χ3n) is 2.04. The van der Waals surface area contributed by atoms with Crippen LogP contribution in [0.25, 0.3) is 0 Å². The molecule has 3 nitrogen and oxygen atoms in total. The van der Waals surface area contributed by atoms with Crippen molar-refractivity contribution in [1.82, 2.24) is 0 Å². The zero-order valence-electron chi connectivity index (χ0n) is 10.6. The first kappa shape index (κ1) is 14.9. The molecule has 0 fully saturated rings. The Bertz CT molecular complexity index is 328. The lowest BCUT2D eigenvalue weighted by molar-refractivity contribution is -0.150. The van der Waals surface area contributed by atoms with Gasteiger partial charge >= 0.3 is 5.97 Å². The number of hydrogen-bond acceptors (Lipinski definition) is 3. The average Bonchev–Trinajstić information content (AvgIpc) is 2.16. The summed E-state index contributed by atoms with van der Waals surface area (Å²) in [6.07, 6.45) is 0.473. The fourth-order valence-electron chi connectivity index (χ4n) is 1.20. The summed E-state index contributed by atoms with van der Waals surface area (Å²) in [6, 6.07) is 0. The molecule has 1 N–H and O–H groups in total. The van der Waals surface area contributed by atoms with Gasteiger partial charge in [0.05, 0.1) is 14.7 Å². The van der Waals surface area contributed by atoms with Crippen LogP contribution < -0.4 is 0 Å². The molecule has 0 heterocycles. The van der Waals surface area contributed by atoms with Gasteiger partial charge in [0.2, 0.25) is 0 Å². The highest BCUT2D eigenvalue weighted by Gasteiger charge is 2.30. The zero-order chi connectivity index (χ0) is 12.8. The van der Waals surface area contributed by atoms with E-state index in [1.165, 1.54) is 0 Å². The van der Waals surface area contributed by atoms with Gasteiger partial charge in [0.25, 0.3) is 0 Å². The van der Waals surface area contributed by atoms with Crippen molar-refractivity contribution in [3.05, 3.63) is 11.3 Å². The molecule has 0 aliphatic rings. The van der Waals surface area contributed by atoms with E-state index >= 15 is 0 Å². The van der Waals surface area contributed by atoms with Crippen molar-refractivity contribution < 1.29 is 14.6 Å². The molecule has 1 atom stereocenters. The summed E-state index contributed by atoms with van der Waals surface area (Å²) in [5.41, 5.74) is 0. The minimum Gasteiger partial charge on any atom is -0.464 e. The Morgan fingerprint density at radius 1 is 1.50 bits per heavy atom. The molecule has 0 aliphatic heterocycles. The van der Waals surface area contributed by atoms with Crippen LogP contribution >= 0.6 is 0 Å². The van der Waals surface area contributed by atoms with E-state index in [2.05, 4.69) is 31.5 Å². The summed E-state index contributed by atoms with van der Waals surface area (Å²) in [4.78, 5) is 11.5. The fraction of sp³-hybridized carbons (Fsp3) is 0.583. The van der Waals surface area contributed by atoms with Crippen molar-refractivity contribution in [1.29, 1.82) is 0 Å². The molecular formula is C12H20O3Si. The number of hydrogen-bond donors (Lipinski definition) is 1. The molecule has 0 aromatic carbocycles. The van der Waals surface area contributed by atoms with Crippen LogP contribution in [0.15, 0.2) is 11.3 Å². The maximum Gasteiger partial charge on any atom is 0.338 e. The Morgan fingerprint density at radius 2 is 2.06 bits per heavy atom. The number of ether oxygens (including phenoxy) is 1. The van der Waals surface area contributed by atoms with E-state index in [-0.39, 0.29) is 6.61 Å². The monoisotopic (exact) mass is 240 g/mol. The molecule has 0 radical (unpaired) electrons. The van der Waals surface area contributed by atoms with Crippen molar-refractivity contribution in [2.45, 2.75) is 39.6 Å². The molecule has 0 aromatic heterocycles. The minimum atomic E-state index is -1.77. The first-order chi connectivity index (χ1) is 7.34. The second kappa shape index (κ2) is 6.51. The SMILES string of the molecule is CC#C/C=C(/C(O)C(=O)OCC)[Si](C)(C)C. The number of carbonyl (C=O) groups is 1. The number of allylic oxidation sites excluding steroid dienone is 1. The van der Waals surface area contributed by atoms with Crippen LogP contribution in [0.1, 0.15) is 13.8 Å². The standard InChI is InChI=1S/C12H20O3Si/c1-6-8-9-10(16(3,4)5)11(13)12(14)15-7-2/h9,11,13H,7H2,1-5H3/b10-9-. The first-order valence-corrected chi connectivity index (χ1v) is 8.82. The predicted octanol–water partition coefficient (Wildman–Crippen LogP) is 1.74. The van der Waals surface area contributed by atoms with Crippen molar-refractivity contribution in [2.24, 2.45) is 0 Å². The molecule has 0 amide bonds. The van der Waals surface area contributed by atoms with Gasteiger partial charge in [-0.25, -0.2) is 4.79 Å². The molecule has 0 saturated heterocycles. The predicted molar refractivity (Wildman–Crippen MR) is 67.5 cm³/mol. The van der Waals surface area contributed by atoms with Crippen LogP contribution in [0.4, 0.5) is 0 Å². The molecular weight excluding hydrogens is 220 g/mol.